The number of ether oxygens (including phenoxy) is 1. The lowest BCUT2D eigenvalue weighted by Crippen LogP contribution is -2.49. The molecule has 0 radical (unpaired) electrons. The van der Waals surface area contributed by atoms with Crippen molar-refractivity contribution in [1.82, 2.24) is 24.2 Å². The van der Waals surface area contributed by atoms with Gasteiger partial charge in [-0.25, -0.2) is 14.1 Å². The first-order valence-corrected chi connectivity index (χ1v) is 10.9. The molecule has 4 aromatic rings. The van der Waals surface area contributed by atoms with Crippen molar-refractivity contribution in [2.24, 2.45) is 7.05 Å². The van der Waals surface area contributed by atoms with Crippen LogP contribution in [0.3, 0.4) is 0 Å². The van der Waals surface area contributed by atoms with Crippen molar-refractivity contribution in [3.8, 4) is 11.4 Å². The number of aryl methyl sites for hydroxylation is 1. The molecule has 5 rings (SSSR count). The number of para-hydroxylation sites is 2. The number of carbonyl (C=O) groups excluding carboxylic acids is 1. The average molecular weight is 462 g/mol. The molecular weight excluding hydrogens is 439 g/mol. The number of hydrogen-bond acceptors (Lipinski definition) is 6. The van der Waals surface area contributed by atoms with Crippen molar-refractivity contribution >= 4 is 22.6 Å². The zero-order valence-electron chi connectivity index (χ0n) is 18.8. The van der Waals surface area contributed by atoms with Gasteiger partial charge in [-0.1, -0.05) is 12.1 Å². The molecule has 1 fully saturated rings. The molecule has 1 aliphatic heterocycles. The minimum atomic E-state index is -0.407. The van der Waals surface area contributed by atoms with Crippen molar-refractivity contribution in [1.29, 1.82) is 0 Å². The lowest BCUT2D eigenvalue weighted by atomic mass is 10.2. The summed E-state index contributed by atoms with van der Waals surface area (Å²) in [6.07, 6.45) is 1.37. The highest BCUT2D eigenvalue weighted by atomic mass is 19.1. The highest BCUT2D eigenvalue weighted by Crippen LogP contribution is 2.29. The van der Waals surface area contributed by atoms with Crippen molar-refractivity contribution in [2.45, 2.75) is 0 Å². The molecular formula is C24H23FN6O3. The molecule has 2 aromatic carbocycles. The summed E-state index contributed by atoms with van der Waals surface area (Å²) in [5, 5.41) is 4.46. The van der Waals surface area contributed by atoms with E-state index >= 15 is 0 Å². The fraction of sp³-hybridized carbons (Fsp3) is 0.250. The van der Waals surface area contributed by atoms with Gasteiger partial charge in [-0.15, -0.1) is 0 Å². The lowest BCUT2D eigenvalue weighted by Gasteiger charge is -2.36. The van der Waals surface area contributed by atoms with Gasteiger partial charge in [0.1, 0.15) is 17.1 Å². The van der Waals surface area contributed by atoms with Gasteiger partial charge in [-0.05, 0) is 36.4 Å². The number of piperazine rings is 1. The van der Waals surface area contributed by atoms with Gasteiger partial charge in [0.05, 0.1) is 24.8 Å². The summed E-state index contributed by atoms with van der Waals surface area (Å²) in [6.45, 7) is 2.20. The topological polar surface area (TPSA) is 85.5 Å². The first-order valence-electron chi connectivity index (χ1n) is 10.9. The SMILES string of the molecule is COc1ccccc1N1CCN(C(=O)c2nn(-c3ccc(F)cc3)c3c(=O)n(C)cnc23)CC1. The number of halogens is 1. The standard InChI is InChI=1S/C24H23FN6O3/c1-28-15-26-20-21(27-31(22(20)24(28)33)17-9-7-16(25)8-10-17)23(32)30-13-11-29(12-14-30)18-5-3-4-6-19(18)34-2/h3-10,15H,11-14H2,1-2H3. The summed E-state index contributed by atoms with van der Waals surface area (Å²) in [5.41, 5.74) is 1.60. The molecule has 1 amide bonds. The van der Waals surface area contributed by atoms with Gasteiger partial charge in [0.2, 0.25) is 0 Å². The van der Waals surface area contributed by atoms with E-state index in [2.05, 4.69) is 15.0 Å². The van der Waals surface area contributed by atoms with Gasteiger partial charge in [-0.2, -0.15) is 5.10 Å². The van der Waals surface area contributed by atoms with Gasteiger partial charge in [0.25, 0.3) is 11.5 Å². The maximum atomic E-state index is 13.5. The third-order valence-corrected chi connectivity index (χ3v) is 6.01. The second-order valence-electron chi connectivity index (χ2n) is 8.05. The van der Waals surface area contributed by atoms with E-state index in [1.165, 1.54) is 39.8 Å². The second-order valence-corrected chi connectivity index (χ2v) is 8.05. The zero-order valence-corrected chi connectivity index (χ0v) is 18.8. The van der Waals surface area contributed by atoms with Crippen LogP contribution in [0.2, 0.25) is 0 Å². The molecule has 1 aliphatic rings. The number of fused-ring (bicyclic) bond motifs is 1. The Kier molecular flexibility index (Phi) is 5.48. The fourth-order valence-corrected chi connectivity index (χ4v) is 4.19. The molecule has 0 N–H and O–H groups in total. The minimum absolute atomic E-state index is 0.0998. The average Bonchev–Trinajstić information content (AvgIpc) is 3.26. The Balaban J connectivity index is 1.47. The third-order valence-electron chi connectivity index (χ3n) is 6.01. The van der Waals surface area contributed by atoms with E-state index in [4.69, 9.17) is 4.74 Å². The van der Waals surface area contributed by atoms with Crippen molar-refractivity contribution in [2.75, 3.05) is 38.2 Å². The molecule has 174 valence electrons. The van der Waals surface area contributed by atoms with Crippen LogP contribution in [-0.2, 0) is 7.05 Å². The van der Waals surface area contributed by atoms with E-state index in [9.17, 15) is 14.0 Å². The Bertz CT molecular complexity index is 1420. The summed E-state index contributed by atoms with van der Waals surface area (Å²) >= 11 is 0. The molecule has 9 nitrogen and oxygen atoms in total. The Morgan fingerprint density at radius 3 is 2.44 bits per heavy atom. The number of methoxy groups -OCH3 is 1. The van der Waals surface area contributed by atoms with Crippen LogP contribution in [0.15, 0.2) is 59.7 Å². The van der Waals surface area contributed by atoms with E-state index in [1.54, 1.807) is 19.1 Å². The molecule has 0 saturated carbocycles. The van der Waals surface area contributed by atoms with Crippen molar-refractivity contribution in [3.63, 3.8) is 0 Å². The number of aromatic nitrogens is 4. The summed E-state index contributed by atoms with van der Waals surface area (Å²) < 4.78 is 21.6. The van der Waals surface area contributed by atoms with Crippen LogP contribution in [0, 0.1) is 5.82 Å². The number of nitrogens with zero attached hydrogens (tertiary/aromatic N) is 6. The van der Waals surface area contributed by atoms with E-state index in [0.29, 0.717) is 31.9 Å². The summed E-state index contributed by atoms with van der Waals surface area (Å²) in [5.74, 6) is 0.0769. The molecule has 3 heterocycles. The zero-order chi connectivity index (χ0) is 23.8. The molecule has 0 bridgehead atoms. The number of anilines is 1. The van der Waals surface area contributed by atoms with Crippen molar-refractivity contribution < 1.29 is 13.9 Å². The Morgan fingerprint density at radius 2 is 1.74 bits per heavy atom. The fourth-order valence-electron chi connectivity index (χ4n) is 4.19. The molecule has 10 heteroatoms. The number of rotatable bonds is 4. The number of carbonyl (C=O) groups is 1. The maximum Gasteiger partial charge on any atom is 0.279 e. The van der Waals surface area contributed by atoms with E-state index < -0.39 is 5.82 Å². The first kappa shape index (κ1) is 21.6. The van der Waals surface area contributed by atoms with Crippen LogP contribution < -0.4 is 15.2 Å². The Labute approximate surface area is 194 Å². The highest BCUT2D eigenvalue weighted by molar-refractivity contribution is 6.03. The summed E-state index contributed by atoms with van der Waals surface area (Å²) in [4.78, 5) is 34.6. The molecule has 0 spiro atoms. The molecule has 1 saturated heterocycles. The number of benzene rings is 2. The quantitative estimate of drug-likeness (QED) is 0.463. The predicted octanol–water partition coefficient (Wildman–Crippen LogP) is 2.23. The molecule has 2 aromatic heterocycles. The van der Waals surface area contributed by atoms with Gasteiger partial charge >= 0.3 is 0 Å². The van der Waals surface area contributed by atoms with Gasteiger partial charge < -0.3 is 19.1 Å². The third kappa shape index (κ3) is 3.66. The monoisotopic (exact) mass is 462 g/mol. The maximum absolute atomic E-state index is 13.5. The summed E-state index contributed by atoms with van der Waals surface area (Å²) in [6, 6.07) is 13.4. The van der Waals surface area contributed by atoms with Crippen LogP contribution in [0.5, 0.6) is 5.75 Å². The van der Waals surface area contributed by atoms with Gasteiger partial charge in [-0.3, -0.25) is 9.59 Å². The largest absolute Gasteiger partial charge is 0.495 e. The predicted molar refractivity (Wildman–Crippen MR) is 125 cm³/mol. The number of hydrogen-bond donors (Lipinski definition) is 0. The van der Waals surface area contributed by atoms with E-state index in [0.717, 1.165) is 11.4 Å². The smallest absolute Gasteiger partial charge is 0.279 e. The van der Waals surface area contributed by atoms with Gasteiger partial charge in [0, 0.05) is 33.2 Å². The molecule has 0 unspecified atom stereocenters. The van der Waals surface area contributed by atoms with Crippen LogP contribution in [0.25, 0.3) is 16.7 Å². The normalized spacial score (nSPS) is 14.0. The van der Waals surface area contributed by atoms with E-state index in [-0.39, 0.29) is 28.2 Å². The van der Waals surface area contributed by atoms with Crippen LogP contribution >= 0.6 is 0 Å². The lowest BCUT2D eigenvalue weighted by molar-refractivity contribution is 0.0742. The van der Waals surface area contributed by atoms with Crippen LogP contribution in [0.4, 0.5) is 10.1 Å². The number of amides is 1. The van der Waals surface area contributed by atoms with Crippen LogP contribution in [-0.4, -0.2) is 63.4 Å². The molecule has 0 aliphatic carbocycles. The Morgan fingerprint density at radius 1 is 1.03 bits per heavy atom. The second kappa shape index (κ2) is 8.62. The van der Waals surface area contributed by atoms with Crippen molar-refractivity contribution in [3.05, 3.63) is 76.7 Å². The van der Waals surface area contributed by atoms with E-state index in [1.807, 2.05) is 24.3 Å². The summed E-state index contributed by atoms with van der Waals surface area (Å²) in [7, 11) is 3.22. The van der Waals surface area contributed by atoms with Gasteiger partial charge in [0.15, 0.2) is 11.2 Å². The van der Waals surface area contributed by atoms with Crippen LogP contribution in [0.1, 0.15) is 10.5 Å². The molecule has 0 atom stereocenters. The Hall–Kier alpha value is -4.21. The molecule has 34 heavy (non-hydrogen) atoms. The highest BCUT2D eigenvalue weighted by Gasteiger charge is 2.29. The minimum Gasteiger partial charge on any atom is -0.495 e. The first-order chi connectivity index (χ1) is 16.5.